The molecule has 3 N–H and O–H groups in total. The van der Waals surface area contributed by atoms with Gasteiger partial charge in [0.05, 0.1) is 6.61 Å². The number of hydrogen-bond donors (Lipinski definition) is 2. The molecule has 0 aromatic carbocycles. The first-order valence-electron chi connectivity index (χ1n) is 7.26. The van der Waals surface area contributed by atoms with Crippen LogP contribution in [0.4, 0.5) is 4.79 Å². The van der Waals surface area contributed by atoms with Crippen molar-refractivity contribution in [3.63, 3.8) is 0 Å². The van der Waals surface area contributed by atoms with Crippen molar-refractivity contribution in [2.45, 2.75) is 53.1 Å². The third-order valence-corrected chi connectivity index (χ3v) is 3.29. The molecule has 2 unspecified atom stereocenters. The molecule has 21 heavy (non-hydrogen) atoms. The number of amides is 3. The van der Waals surface area contributed by atoms with Gasteiger partial charge in [0.2, 0.25) is 5.91 Å². The lowest BCUT2D eigenvalue weighted by molar-refractivity contribution is -0.151. The molecule has 0 aliphatic carbocycles. The molecule has 0 fully saturated rings. The van der Waals surface area contributed by atoms with Crippen molar-refractivity contribution in [3.05, 3.63) is 0 Å². The number of nitrogens with one attached hydrogen (secondary N) is 1. The van der Waals surface area contributed by atoms with Crippen LogP contribution in [0.15, 0.2) is 0 Å². The van der Waals surface area contributed by atoms with Crippen LogP contribution in [0, 0.1) is 5.92 Å². The second kappa shape index (κ2) is 9.20. The lowest BCUT2D eigenvalue weighted by Crippen LogP contribution is -2.55. The van der Waals surface area contributed by atoms with E-state index in [9.17, 15) is 14.4 Å². The molecule has 0 heterocycles. The number of primary amides is 1. The molecule has 0 aromatic rings. The Balaban J connectivity index is 5.11. The molecule has 0 saturated heterocycles. The Bertz CT molecular complexity index is 371. The molecular weight excluding hydrogens is 274 g/mol. The second-order valence-corrected chi connectivity index (χ2v) is 5.24. The highest BCUT2D eigenvalue weighted by atomic mass is 16.5. The van der Waals surface area contributed by atoms with Crippen molar-refractivity contribution in [2.24, 2.45) is 11.7 Å². The van der Waals surface area contributed by atoms with Crippen molar-refractivity contribution in [2.75, 3.05) is 13.2 Å². The van der Waals surface area contributed by atoms with Crippen molar-refractivity contribution in [1.29, 1.82) is 0 Å². The fourth-order valence-corrected chi connectivity index (χ4v) is 1.88. The van der Waals surface area contributed by atoms with Gasteiger partial charge < -0.3 is 20.7 Å². The zero-order valence-electron chi connectivity index (χ0n) is 13.5. The van der Waals surface area contributed by atoms with Gasteiger partial charge in [-0.1, -0.05) is 20.3 Å². The normalized spacial score (nSPS) is 13.4. The van der Waals surface area contributed by atoms with Crippen LogP contribution >= 0.6 is 0 Å². The van der Waals surface area contributed by atoms with Crippen molar-refractivity contribution < 1.29 is 19.1 Å². The predicted octanol–water partition coefficient (Wildman–Crippen LogP) is 0.870. The highest BCUT2D eigenvalue weighted by Gasteiger charge is 2.32. The van der Waals surface area contributed by atoms with Crippen LogP contribution in [0.1, 0.15) is 41.0 Å². The van der Waals surface area contributed by atoms with E-state index in [1.165, 1.54) is 4.90 Å². The molecule has 0 saturated carbocycles. The smallest absolute Gasteiger partial charge is 0.325 e. The highest BCUT2D eigenvalue weighted by molar-refractivity contribution is 5.89. The number of rotatable bonds is 8. The van der Waals surface area contributed by atoms with E-state index in [2.05, 4.69) is 5.32 Å². The summed E-state index contributed by atoms with van der Waals surface area (Å²) in [5.41, 5.74) is 5.14. The van der Waals surface area contributed by atoms with E-state index in [1.54, 1.807) is 20.8 Å². The first kappa shape index (κ1) is 19.2. The number of carbonyl (C=O) groups is 3. The van der Waals surface area contributed by atoms with Crippen LogP contribution in [0.5, 0.6) is 0 Å². The molecule has 0 radical (unpaired) electrons. The SMILES string of the molecule is CCOC(=O)CN(C(=O)C(NC(N)=O)C(C)CC)C(C)C. The summed E-state index contributed by atoms with van der Waals surface area (Å²) in [5.74, 6) is -0.888. The summed E-state index contributed by atoms with van der Waals surface area (Å²) in [6.45, 7) is 9.19. The van der Waals surface area contributed by atoms with Gasteiger partial charge in [0, 0.05) is 6.04 Å². The van der Waals surface area contributed by atoms with Gasteiger partial charge >= 0.3 is 12.0 Å². The van der Waals surface area contributed by atoms with Crippen molar-refractivity contribution in [3.8, 4) is 0 Å². The topological polar surface area (TPSA) is 102 Å². The Morgan fingerprint density at radius 2 is 1.76 bits per heavy atom. The fourth-order valence-electron chi connectivity index (χ4n) is 1.88. The van der Waals surface area contributed by atoms with Gasteiger partial charge in [-0.25, -0.2) is 4.79 Å². The molecule has 0 rings (SSSR count). The third kappa shape index (κ3) is 6.46. The van der Waals surface area contributed by atoms with E-state index in [4.69, 9.17) is 10.5 Å². The van der Waals surface area contributed by atoms with Gasteiger partial charge in [-0.2, -0.15) is 0 Å². The lowest BCUT2D eigenvalue weighted by Gasteiger charge is -2.32. The van der Waals surface area contributed by atoms with E-state index < -0.39 is 18.0 Å². The summed E-state index contributed by atoms with van der Waals surface area (Å²) in [6, 6.07) is -1.69. The lowest BCUT2D eigenvalue weighted by atomic mass is 9.97. The Labute approximate surface area is 126 Å². The summed E-state index contributed by atoms with van der Waals surface area (Å²) in [5, 5.41) is 2.47. The first-order chi connectivity index (χ1) is 9.74. The van der Waals surface area contributed by atoms with Crippen LogP contribution in [0.2, 0.25) is 0 Å². The summed E-state index contributed by atoms with van der Waals surface area (Å²) in [4.78, 5) is 36.7. The average Bonchev–Trinajstić information content (AvgIpc) is 2.40. The Kier molecular flexibility index (Phi) is 8.42. The Morgan fingerprint density at radius 3 is 2.14 bits per heavy atom. The highest BCUT2D eigenvalue weighted by Crippen LogP contribution is 2.13. The Morgan fingerprint density at radius 1 is 1.19 bits per heavy atom. The molecule has 3 amide bonds. The van der Waals surface area contributed by atoms with Crippen LogP contribution in [-0.2, 0) is 14.3 Å². The number of urea groups is 1. The zero-order valence-corrected chi connectivity index (χ0v) is 13.5. The fraction of sp³-hybridized carbons (Fsp3) is 0.786. The van der Waals surface area contributed by atoms with Gasteiger partial charge in [0.1, 0.15) is 12.6 Å². The Hall–Kier alpha value is -1.79. The van der Waals surface area contributed by atoms with Gasteiger partial charge in [-0.05, 0) is 26.7 Å². The number of carbonyl (C=O) groups excluding carboxylic acids is 3. The van der Waals surface area contributed by atoms with Gasteiger partial charge in [-0.15, -0.1) is 0 Å². The summed E-state index contributed by atoms with van der Waals surface area (Å²) in [6.07, 6.45) is 0.696. The molecule has 0 bridgehead atoms. The van der Waals surface area contributed by atoms with E-state index in [-0.39, 0.29) is 31.0 Å². The number of nitrogens with zero attached hydrogens (tertiary/aromatic N) is 1. The molecule has 0 spiro atoms. The first-order valence-corrected chi connectivity index (χ1v) is 7.26. The van der Waals surface area contributed by atoms with Crippen LogP contribution < -0.4 is 11.1 Å². The van der Waals surface area contributed by atoms with Crippen LogP contribution in [0.25, 0.3) is 0 Å². The van der Waals surface area contributed by atoms with Gasteiger partial charge in [0.25, 0.3) is 0 Å². The van der Waals surface area contributed by atoms with Crippen molar-refractivity contribution in [1.82, 2.24) is 10.2 Å². The predicted molar refractivity (Wildman–Crippen MR) is 79.4 cm³/mol. The second-order valence-electron chi connectivity index (χ2n) is 5.24. The van der Waals surface area contributed by atoms with Crippen molar-refractivity contribution >= 4 is 17.9 Å². The summed E-state index contributed by atoms with van der Waals surface area (Å²) in [7, 11) is 0. The monoisotopic (exact) mass is 301 g/mol. The van der Waals surface area contributed by atoms with E-state index in [0.29, 0.717) is 6.42 Å². The standard InChI is InChI=1S/C14H27N3O4/c1-6-10(5)12(16-14(15)20)13(19)17(9(3)4)8-11(18)21-7-2/h9-10,12H,6-8H2,1-5H3,(H3,15,16,20). The largest absolute Gasteiger partial charge is 0.465 e. The quantitative estimate of drug-likeness (QED) is 0.649. The van der Waals surface area contributed by atoms with E-state index >= 15 is 0 Å². The van der Waals surface area contributed by atoms with Gasteiger partial charge in [-0.3, -0.25) is 9.59 Å². The molecule has 0 aliphatic heterocycles. The minimum Gasteiger partial charge on any atom is -0.465 e. The average molecular weight is 301 g/mol. The minimum atomic E-state index is -0.756. The minimum absolute atomic E-state index is 0.0894. The number of ether oxygens (including phenoxy) is 1. The zero-order chi connectivity index (χ0) is 16.6. The molecule has 0 aromatic heterocycles. The molecule has 7 heteroatoms. The summed E-state index contributed by atoms with van der Waals surface area (Å²) >= 11 is 0. The van der Waals surface area contributed by atoms with Crippen LogP contribution in [0.3, 0.4) is 0 Å². The van der Waals surface area contributed by atoms with Gasteiger partial charge in [0.15, 0.2) is 0 Å². The maximum absolute atomic E-state index is 12.6. The number of hydrogen-bond acceptors (Lipinski definition) is 4. The number of esters is 1. The van der Waals surface area contributed by atoms with E-state index in [1.807, 2.05) is 13.8 Å². The summed E-state index contributed by atoms with van der Waals surface area (Å²) < 4.78 is 4.88. The molecule has 2 atom stereocenters. The molecule has 7 nitrogen and oxygen atoms in total. The third-order valence-electron chi connectivity index (χ3n) is 3.29. The molecule has 0 aliphatic rings. The maximum atomic E-state index is 12.6. The maximum Gasteiger partial charge on any atom is 0.325 e. The molecule has 122 valence electrons. The molecular formula is C14H27N3O4. The van der Waals surface area contributed by atoms with Crippen LogP contribution in [-0.4, -0.2) is 48.0 Å². The number of nitrogens with two attached hydrogens (primary N) is 1. The van der Waals surface area contributed by atoms with E-state index in [0.717, 1.165) is 0 Å².